The van der Waals surface area contributed by atoms with Crippen molar-refractivity contribution in [3.63, 3.8) is 0 Å². The zero-order chi connectivity index (χ0) is 30.3. The number of ether oxygens (including phenoxy) is 3. The Kier molecular flexibility index (Phi) is 8.93. The number of rotatable bonds is 6. The molecule has 5 rings (SSSR count). The summed E-state index contributed by atoms with van der Waals surface area (Å²) in [6, 6.07) is 7.34. The van der Waals surface area contributed by atoms with Crippen LogP contribution in [0.15, 0.2) is 42.5 Å². The fourth-order valence-electron chi connectivity index (χ4n) is 6.50. The van der Waals surface area contributed by atoms with E-state index in [1.807, 2.05) is 0 Å². The maximum atomic E-state index is 13.8. The zero-order valence-corrected chi connectivity index (χ0v) is 23.1. The molecule has 3 fully saturated rings. The van der Waals surface area contributed by atoms with Crippen molar-refractivity contribution in [2.24, 2.45) is 11.3 Å². The summed E-state index contributed by atoms with van der Waals surface area (Å²) >= 11 is 0. The van der Waals surface area contributed by atoms with Gasteiger partial charge in [-0.1, -0.05) is 12.1 Å². The molecule has 42 heavy (non-hydrogen) atoms. The number of hydrogen-bond donors (Lipinski definition) is 1. The van der Waals surface area contributed by atoms with E-state index in [1.54, 1.807) is 12.1 Å². The van der Waals surface area contributed by atoms with Crippen molar-refractivity contribution < 1.29 is 50.1 Å². The van der Waals surface area contributed by atoms with Crippen LogP contribution in [0.2, 0.25) is 0 Å². The van der Waals surface area contributed by atoms with Crippen molar-refractivity contribution in [3.8, 4) is 0 Å². The summed E-state index contributed by atoms with van der Waals surface area (Å²) in [4.78, 5) is 2.26. The molecule has 0 saturated carbocycles. The standard InChI is InChI=1S/C30H34F7NO4/c1-18(20-10-22(29(32,33)34)12-23(11-20)30(35,36)37)42-25-15-40-14-21(27(25)19-2-4-24(31)5-3-19)13-38-8-6-28(7-9-38)17-41-16-26(28)39/h2-5,10-12,18,21,25-27,39H,6-9,13-17H2,1H3/t18-,21-,25+,26+,27+/m1/s1. The number of aliphatic hydroxyl groups excluding tert-OH is 1. The number of hydrogen-bond acceptors (Lipinski definition) is 5. The Balaban J connectivity index is 1.37. The van der Waals surface area contributed by atoms with Gasteiger partial charge in [-0.05, 0) is 74.3 Å². The maximum absolute atomic E-state index is 13.8. The molecule has 0 aliphatic carbocycles. The number of benzene rings is 2. The number of aliphatic hydroxyl groups is 1. The second-order valence-corrected chi connectivity index (χ2v) is 11.7. The Labute approximate surface area is 239 Å². The number of alkyl halides is 6. The molecule has 5 nitrogen and oxygen atoms in total. The summed E-state index contributed by atoms with van der Waals surface area (Å²) in [5.74, 6) is -0.936. The third kappa shape index (κ3) is 6.77. The van der Waals surface area contributed by atoms with E-state index in [2.05, 4.69) is 4.90 Å². The summed E-state index contributed by atoms with van der Waals surface area (Å²) in [6.45, 7) is 4.72. The van der Waals surface area contributed by atoms with Gasteiger partial charge in [-0.3, -0.25) is 0 Å². The van der Waals surface area contributed by atoms with E-state index in [4.69, 9.17) is 14.2 Å². The minimum atomic E-state index is -4.97. The first kappa shape index (κ1) is 31.2. The summed E-state index contributed by atoms with van der Waals surface area (Å²) in [5.41, 5.74) is -2.57. The molecule has 3 aliphatic rings. The van der Waals surface area contributed by atoms with Gasteiger partial charge in [0.05, 0.1) is 55.9 Å². The van der Waals surface area contributed by atoms with Gasteiger partial charge in [0.1, 0.15) is 5.82 Å². The lowest BCUT2D eigenvalue weighted by molar-refractivity contribution is -0.143. The van der Waals surface area contributed by atoms with Crippen LogP contribution in [0.5, 0.6) is 0 Å². The summed E-state index contributed by atoms with van der Waals surface area (Å²) in [7, 11) is 0. The van der Waals surface area contributed by atoms with Gasteiger partial charge in [0, 0.05) is 23.8 Å². The zero-order valence-electron chi connectivity index (χ0n) is 23.1. The Morgan fingerprint density at radius 2 is 1.55 bits per heavy atom. The van der Waals surface area contributed by atoms with E-state index in [0.29, 0.717) is 38.5 Å². The molecule has 0 radical (unpaired) electrons. The van der Waals surface area contributed by atoms with Gasteiger partial charge in [-0.25, -0.2) is 4.39 Å². The molecule has 12 heteroatoms. The third-order valence-corrected chi connectivity index (χ3v) is 8.95. The Morgan fingerprint density at radius 1 is 0.929 bits per heavy atom. The van der Waals surface area contributed by atoms with Gasteiger partial charge in [0.2, 0.25) is 0 Å². The number of piperidine rings is 1. The molecule has 2 aromatic rings. The lowest BCUT2D eigenvalue weighted by Gasteiger charge is -2.44. The van der Waals surface area contributed by atoms with Crippen molar-refractivity contribution >= 4 is 0 Å². The highest BCUT2D eigenvalue weighted by molar-refractivity contribution is 5.35. The van der Waals surface area contributed by atoms with Gasteiger partial charge in [-0.2, -0.15) is 26.3 Å². The van der Waals surface area contributed by atoms with Gasteiger partial charge in [-0.15, -0.1) is 0 Å². The molecule has 0 aromatic heterocycles. The molecule has 5 atom stereocenters. The van der Waals surface area contributed by atoms with E-state index in [9.17, 15) is 35.8 Å². The first-order valence-electron chi connectivity index (χ1n) is 14.0. The van der Waals surface area contributed by atoms with E-state index in [0.717, 1.165) is 31.5 Å². The molecule has 1 N–H and O–H groups in total. The van der Waals surface area contributed by atoms with E-state index >= 15 is 0 Å². The molecule has 232 valence electrons. The molecule has 3 heterocycles. The number of nitrogens with zero attached hydrogens (tertiary/aromatic N) is 1. The Hall–Kier alpha value is -2.25. The average molecular weight is 606 g/mol. The van der Waals surface area contributed by atoms with Crippen LogP contribution in [0.4, 0.5) is 30.7 Å². The van der Waals surface area contributed by atoms with Crippen molar-refractivity contribution in [1.82, 2.24) is 4.90 Å². The highest BCUT2D eigenvalue weighted by Gasteiger charge is 2.46. The predicted molar refractivity (Wildman–Crippen MR) is 138 cm³/mol. The van der Waals surface area contributed by atoms with Gasteiger partial charge in [0.15, 0.2) is 0 Å². The van der Waals surface area contributed by atoms with E-state index < -0.39 is 47.6 Å². The number of halogens is 7. The van der Waals surface area contributed by atoms with Crippen LogP contribution < -0.4 is 0 Å². The molecule has 0 unspecified atom stereocenters. The highest BCUT2D eigenvalue weighted by Crippen LogP contribution is 2.43. The van der Waals surface area contributed by atoms with Crippen molar-refractivity contribution in [2.75, 3.05) is 46.1 Å². The minimum Gasteiger partial charge on any atom is -0.390 e. The van der Waals surface area contributed by atoms with Crippen molar-refractivity contribution in [1.29, 1.82) is 0 Å². The first-order chi connectivity index (χ1) is 19.7. The maximum Gasteiger partial charge on any atom is 0.416 e. The normalized spacial score (nSPS) is 27.8. The molecule has 0 bridgehead atoms. The molecule has 3 aliphatic heterocycles. The molecule has 3 saturated heterocycles. The minimum absolute atomic E-state index is 0.0701. The lowest BCUT2D eigenvalue weighted by Crippen LogP contribution is -2.50. The third-order valence-electron chi connectivity index (χ3n) is 8.95. The number of likely N-dealkylation sites (tertiary alicyclic amines) is 1. The Bertz CT molecular complexity index is 1180. The van der Waals surface area contributed by atoms with Gasteiger partial charge in [0.25, 0.3) is 0 Å². The largest absolute Gasteiger partial charge is 0.416 e. The van der Waals surface area contributed by atoms with Gasteiger partial charge < -0.3 is 24.2 Å². The van der Waals surface area contributed by atoms with Crippen LogP contribution >= 0.6 is 0 Å². The summed E-state index contributed by atoms with van der Waals surface area (Å²) in [5, 5.41) is 10.4. The van der Waals surface area contributed by atoms with Crippen LogP contribution in [0.1, 0.15) is 54.0 Å². The van der Waals surface area contributed by atoms with Crippen LogP contribution in [-0.2, 0) is 26.6 Å². The predicted octanol–water partition coefficient (Wildman–Crippen LogP) is 6.21. The lowest BCUT2D eigenvalue weighted by atomic mass is 9.75. The van der Waals surface area contributed by atoms with Crippen LogP contribution in [0, 0.1) is 17.2 Å². The molecular formula is C30H34F7NO4. The SMILES string of the molecule is C[C@@H](O[C@H]1COC[C@@H](CN2CCC3(CC2)COC[C@@H]3O)[C@@H]1c1ccc(F)cc1)c1cc(C(F)(F)F)cc(C(F)(F)F)c1. The Morgan fingerprint density at radius 3 is 2.10 bits per heavy atom. The van der Waals surface area contributed by atoms with Crippen LogP contribution in [0.25, 0.3) is 0 Å². The van der Waals surface area contributed by atoms with E-state index in [1.165, 1.54) is 19.1 Å². The van der Waals surface area contributed by atoms with Gasteiger partial charge >= 0.3 is 12.4 Å². The quantitative estimate of drug-likeness (QED) is 0.397. The fourth-order valence-corrected chi connectivity index (χ4v) is 6.50. The smallest absolute Gasteiger partial charge is 0.390 e. The average Bonchev–Trinajstić information content (AvgIpc) is 3.28. The second kappa shape index (κ2) is 12.0. The monoisotopic (exact) mass is 605 g/mol. The molecule has 2 aromatic carbocycles. The second-order valence-electron chi connectivity index (χ2n) is 11.7. The summed E-state index contributed by atoms with van der Waals surface area (Å²) in [6.07, 6.45) is -10.8. The van der Waals surface area contributed by atoms with Crippen LogP contribution in [-0.4, -0.2) is 68.3 Å². The van der Waals surface area contributed by atoms with Crippen molar-refractivity contribution in [3.05, 3.63) is 70.5 Å². The molecule has 1 spiro atoms. The summed E-state index contributed by atoms with van der Waals surface area (Å²) < 4.78 is 112. The first-order valence-corrected chi connectivity index (χ1v) is 14.0. The van der Waals surface area contributed by atoms with E-state index in [-0.39, 0.29) is 35.5 Å². The molecule has 0 amide bonds. The highest BCUT2D eigenvalue weighted by atomic mass is 19.4. The van der Waals surface area contributed by atoms with Crippen molar-refractivity contribution in [2.45, 2.75) is 56.3 Å². The van der Waals surface area contributed by atoms with Crippen LogP contribution in [0.3, 0.4) is 0 Å². The topological polar surface area (TPSA) is 51.2 Å². The molecular weight excluding hydrogens is 571 g/mol. The fraction of sp³-hybridized carbons (Fsp3) is 0.600.